The van der Waals surface area contributed by atoms with Crippen LogP contribution in [0.2, 0.25) is 0 Å². The fourth-order valence-corrected chi connectivity index (χ4v) is 3.42. The molecule has 0 saturated heterocycles. The van der Waals surface area contributed by atoms with E-state index in [9.17, 15) is 0 Å². The smallest absolute Gasteiger partial charge is 0.0705 e. The summed E-state index contributed by atoms with van der Waals surface area (Å²) in [6.45, 7) is 0. The summed E-state index contributed by atoms with van der Waals surface area (Å²) in [7, 11) is 2.09. The Morgan fingerprint density at radius 3 is 2.79 bits per heavy atom. The average molecular weight is 254 g/mol. The van der Waals surface area contributed by atoms with Crippen LogP contribution in [0.15, 0.2) is 36.5 Å². The molecule has 2 nitrogen and oxygen atoms in total. The third kappa shape index (κ3) is 2.64. The number of nitrogens with one attached hydrogen (secondary N) is 1. The molecule has 0 radical (unpaired) electrons. The average Bonchev–Trinajstić information content (AvgIpc) is 2.49. The summed E-state index contributed by atoms with van der Waals surface area (Å²) in [6, 6.07) is 11.3. The molecule has 0 aliphatic heterocycles. The van der Waals surface area contributed by atoms with Crippen molar-refractivity contribution in [2.75, 3.05) is 7.05 Å². The first-order chi connectivity index (χ1) is 9.38. The van der Waals surface area contributed by atoms with Crippen LogP contribution in [0.5, 0.6) is 0 Å². The van der Waals surface area contributed by atoms with Gasteiger partial charge in [-0.15, -0.1) is 0 Å². The highest BCUT2D eigenvalue weighted by atomic mass is 14.9. The molecule has 19 heavy (non-hydrogen) atoms. The monoisotopic (exact) mass is 254 g/mol. The molecule has 0 amide bonds. The van der Waals surface area contributed by atoms with Crippen LogP contribution >= 0.6 is 0 Å². The lowest BCUT2D eigenvalue weighted by Crippen LogP contribution is -2.26. The Labute approximate surface area is 115 Å². The van der Waals surface area contributed by atoms with Gasteiger partial charge in [-0.1, -0.05) is 37.5 Å². The number of benzene rings is 1. The maximum Gasteiger partial charge on any atom is 0.0705 e. The maximum atomic E-state index is 4.48. The van der Waals surface area contributed by atoms with Crippen molar-refractivity contribution in [3.05, 3.63) is 42.1 Å². The molecule has 1 aromatic heterocycles. The lowest BCUT2D eigenvalue weighted by Gasteiger charge is -2.30. The Morgan fingerprint density at radius 1 is 1.16 bits per heavy atom. The van der Waals surface area contributed by atoms with Gasteiger partial charge in [0.15, 0.2) is 0 Å². The lowest BCUT2D eigenvalue weighted by molar-refractivity contribution is 0.282. The highest BCUT2D eigenvalue weighted by Gasteiger charge is 2.23. The van der Waals surface area contributed by atoms with Gasteiger partial charge in [0.05, 0.1) is 5.52 Å². The van der Waals surface area contributed by atoms with Crippen molar-refractivity contribution in [2.24, 2.45) is 5.92 Å². The number of rotatable bonds is 3. The summed E-state index contributed by atoms with van der Waals surface area (Å²) in [4.78, 5) is 4.48. The molecule has 0 bridgehead atoms. The number of hydrogen-bond donors (Lipinski definition) is 1. The van der Waals surface area contributed by atoms with Gasteiger partial charge < -0.3 is 5.32 Å². The lowest BCUT2D eigenvalue weighted by atomic mass is 9.81. The summed E-state index contributed by atoms with van der Waals surface area (Å²) in [5, 5.41) is 4.75. The Hall–Kier alpha value is -1.41. The van der Waals surface area contributed by atoms with Crippen molar-refractivity contribution < 1.29 is 0 Å². The van der Waals surface area contributed by atoms with E-state index in [4.69, 9.17) is 0 Å². The van der Waals surface area contributed by atoms with Crippen molar-refractivity contribution in [3.8, 4) is 0 Å². The predicted molar refractivity (Wildman–Crippen MR) is 80.1 cm³/mol. The SMILES string of the molecule is CNC(c1ccc2cccnc2c1)C1CCCCC1. The molecule has 1 N–H and O–H groups in total. The van der Waals surface area contributed by atoms with Gasteiger partial charge in [-0.05, 0) is 43.5 Å². The molecule has 1 saturated carbocycles. The standard InChI is InChI=1S/C17H22N2/c1-18-17(14-6-3-2-4-7-14)15-10-9-13-8-5-11-19-16(13)12-15/h5,8-12,14,17-18H,2-4,6-7H2,1H3. The van der Waals surface area contributed by atoms with E-state index in [2.05, 4.69) is 41.6 Å². The normalized spacial score (nSPS) is 18.6. The molecule has 1 aromatic carbocycles. The minimum Gasteiger partial charge on any atom is -0.313 e. The Balaban J connectivity index is 1.91. The largest absolute Gasteiger partial charge is 0.313 e. The number of fused-ring (bicyclic) bond motifs is 1. The van der Waals surface area contributed by atoms with Gasteiger partial charge in [0.1, 0.15) is 0 Å². The van der Waals surface area contributed by atoms with Gasteiger partial charge in [0.2, 0.25) is 0 Å². The number of nitrogens with zero attached hydrogens (tertiary/aromatic N) is 1. The number of hydrogen-bond acceptors (Lipinski definition) is 2. The summed E-state index contributed by atoms with van der Waals surface area (Å²) >= 11 is 0. The fraction of sp³-hybridized carbons (Fsp3) is 0.471. The quantitative estimate of drug-likeness (QED) is 0.893. The number of pyridine rings is 1. The summed E-state index contributed by atoms with van der Waals surface area (Å²) in [5.41, 5.74) is 2.50. The highest BCUT2D eigenvalue weighted by molar-refractivity contribution is 5.79. The molecule has 2 aromatic rings. The number of aromatic nitrogens is 1. The van der Waals surface area contributed by atoms with Crippen LogP contribution in [0.4, 0.5) is 0 Å². The fourth-order valence-electron chi connectivity index (χ4n) is 3.42. The minimum atomic E-state index is 0.478. The first-order valence-electron chi connectivity index (χ1n) is 7.40. The van der Waals surface area contributed by atoms with Crippen molar-refractivity contribution in [1.82, 2.24) is 10.3 Å². The van der Waals surface area contributed by atoms with Crippen LogP contribution < -0.4 is 5.32 Å². The second kappa shape index (κ2) is 5.70. The molecule has 2 heteroatoms. The summed E-state index contributed by atoms with van der Waals surface area (Å²) in [6.07, 6.45) is 8.76. The van der Waals surface area contributed by atoms with Gasteiger partial charge in [0, 0.05) is 17.6 Å². The topological polar surface area (TPSA) is 24.9 Å². The van der Waals surface area contributed by atoms with E-state index in [0.717, 1.165) is 11.4 Å². The van der Waals surface area contributed by atoms with Crippen molar-refractivity contribution in [3.63, 3.8) is 0 Å². The van der Waals surface area contributed by atoms with Gasteiger partial charge in [-0.25, -0.2) is 0 Å². The molecular formula is C17H22N2. The van der Waals surface area contributed by atoms with Crippen LogP contribution in [-0.4, -0.2) is 12.0 Å². The van der Waals surface area contributed by atoms with Gasteiger partial charge in [0.25, 0.3) is 0 Å². The van der Waals surface area contributed by atoms with E-state index >= 15 is 0 Å². The van der Waals surface area contributed by atoms with E-state index in [0.29, 0.717) is 6.04 Å². The van der Waals surface area contributed by atoms with Crippen LogP contribution in [0, 0.1) is 5.92 Å². The summed E-state index contributed by atoms with van der Waals surface area (Å²) < 4.78 is 0. The van der Waals surface area contributed by atoms with Crippen LogP contribution in [0.25, 0.3) is 10.9 Å². The minimum absolute atomic E-state index is 0.478. The van der Waals surface area contributed by atoms with Crippen LogP contribution in [0.3, 0.4) is 0 Å². The van der Waals surface area contributed by atoms with Gasteiger partial charge >= 0.3 is 0 Å². The third-order valence-electron chi connectivity index (χ3n) is 4.42. The molecular weight excluding hydrogens is 232 g/mol. The zero-order valence-electron chi connectivity index (χ0n) is 11.6. The van der Waals surface area contributed by atoms with E-state index in [1.165, 1.54) is 43.1 Å². The molecule has 1 unspecified atom stereocenters. The molecule has 1 aliphatic rings. The zero-order valence-corrected chi connectivity index (χ0v) is 11.6. The predicted octanol–water partition coefficient (Wildman–Crippen LogP) is 4.08. The highest BCUT2D eigenvalue weighted by Crippen LogP contribution is 2.34. The van der Waals surface area contributed by atoms with E-state index in [-0.39, 0.29) is 0 Å². The molecule has 1 heterocycles. The maximum absolute atomic E-state index is 4.48. The second-order valence-electron chi connectivity index (χ2n) is 5.62. The van der Waals surface area contributed by atoms with Gasteiger partial charge in [-0.2, -0.15) is 0 Å². The van der Waals surface area contributed by atoms with Gasteiger partial charge in [-0.3, -0.25) is 4.98 Å². The molecule has 1 aliphatic carbocycles. The molecule has 1 atom stereocenters. The third-order valence-corrected chi connectivity index (χ3v) is 4.42. The molecule has 1 fully saturated rings. The first kappa shape index (κ1) is 12.6. The molecule has 3 rings (SSSR count). The van der Waals surface area contributed by atoms with Crippen LogP contribution in [0.1, 0.15) is 43.7 Å². The van der Waals surface area contributed by atoms with E-state index in [1.807, 2.05) is 12.3 Å². The Bertz CT molecular complexity index is 544. The van der Waals surface area contributed by atoms with E-state index in [1.54, 1.807) is 0 Å². The molecule has 0 spiro atoms. The van der Waals surface area contributed by atoms with Crippen molar-refractivity contribution in [2.45, 2.75) is 38.1 Å². The molecule has 100 valence electrons. The second-order valence-corrected chi connectivity index (χ2v) is 5.62. The van der Waals surface area contributed by atoms with Crippen molar-refractivity contribution >= 4 is 10.9 Å². The Morgan fingerprint density at radius 2 is 2.00 bits per heavy atom. The Kier molecular flexibility index (Phi) is 3.79. The van der Waals surface area contributed by atoms with Crippen LogP contribution in [-0.2, 0) is 0 Å². The van der Waals surface area contributed by atoms with Crippen molar-refractivity contribution in [1.29, 1.82) is 0 Å². The van der Waals surface area contributed by atoms with E-state index < -0.39 is 0 Å². The first-order valence-corrected chi connectivity index (χ1v) is 7.40. The zero-order chi connectivity index (χ0) is 13.1. The summed E-state index contributed by atoms with van der Waals surface area (Å²) in [5.74, 6) is 0.778.